The first-order valence-corrected chi connectivity index (χ1v) is 10.5. The van der Waals surface area contributed by atoms with Crippen molar-refractivity contribution in [3.8, 4) is 0 Å². The van der Waals surface area contributed by atoms with E-state index in [-0.39, 0.29) is 0 Å². The van der Waals surface area contributed by atoms with Crippen LogP contribution in [0.15, 0.2) is 0 Å². The lowest BCUT2D eigenvalue weighted by molar-refractivity contribution is 0.0399. The predicted octanol–water partition coefficient (Wildman–Crippen LogP) is 3.76. The van der Waals surface area contributed by atoms with Gasteiger partial charge in [0.1, 0.15) is 0 Å². The number of nitrogens with zero attached hydrogens (tertiary/aromatic N) is 1. The van der Waals surface area contributed by atoms with Gasteiger partial charge in [-0.15, -0.1) is 0 Å². The van der Waals surface area contributed by atoms with Gasteiger partial charge in [-0.05, 0) is 43.3 Å². The number of nitrogens with one attached hydrogen (secondary N) is 1. The second kappa shape index (κ2) is 7.70. The van der Waals surface area contributed by atoms with Gasteiger partial charge in [0.25, 0.3) is 0 Å². The van der Waals surface area contributed by atoms with E-state index in [1.165, 1.54) is 69.5 Å². The smallest absolute Gasteiger partial charge is 0.0247 e. The van der Waals surface area contributed by atoms with E-state index in [1.54, 1.807) is 0 Å². The minimum atomic E-state index is 0.758. The van der Waals surface area contributed by atoms with Crippen molar-refractivity contribution in [3.05, 3.63) is 0 Å². The van der Waals surface area contributed by atoms with Gasteiger partial charge in [0, 0.05) is 37.0 Å². The van der Waals surface area contributed by atoms with Gasteiger partial charge in [-0.3, -0.25) is 4.90 Å². The quantitative estimate of drug-likeness (QED) is 0.854. The third kappa shape index (κ3) is 3.97. The molecule has 3 rings (SSSR count). The summed E-state index contributed by atoms with van der Waals surface area (Å²) in [6.07, 6.45) is 10.2. The molecule has 1 aliphatic carbocycles. The highest BCUT2D eigenvalue weighted by Gasteiger charge is 2.37. The summed E-state index contributed by atoms with van der Waals surface area (Å²) in [5, 5.41) is 3.94. The van der Waals surface area contributed by atoms with E-state index in [9.17, 15) is 0 Å². The zero-order chi connectivity index (χ0) is 14.7. The lowest BCUT2D eigenvalue weighted by atomic mass is 9.81. The molecule has 1 saturated carbocycles. The molecule has 3 atom stereocenters. The molecule has 2 saturated heterocycles. The predicted molar refractivity (Wildman–Crippen MR) is 94.0 cm³/mol. The monoisotopic (exact) mass is 310 g/mol. The van der Waals surface area contributed by atoms with E-state index in [0.717, 1.165) is 30.0 Å². The second-order valence-corrected chi connectivity index (χ2v) is 8.94. The summed E-state index contributed by atoms with van der Waals surface area (Å²) in [6, 6.07) is 2.38. The van der Waals surface area contributed by atoms with Crippen molar-refractivity contribution < 1.29 is 0 Å². The molecule has 2 heterocycles. The minimum absolute atomic E-state index is 0.758. The van der Waals surface area contributed by atoms with Crippen LogP contribution in [0.5, 0.6) is 0 Å². The standard InChI is InChI=1S/C18H34N2S/c1-14(2)18-11-19-17(15-7-4-3-5-8-15)12-20(18)16-9-6-10-21-13-16/h14-19H,3-13H2,1-2H3. The largest absolute Gasteiger partial charge is 0.311 e. The van der Waals surface area contributed by atoms with Gasteiger partial charge in [-0.1, -0.05) is 33.1 Å². The molecule has 21 heavy (non-hydrogen) atoms. The van der Waals surface area contributed by atoms with Gasteiger partial charge in [0.05, 0.1) is 0 Å². The Balaban J connectivity index is 1.65. The molecule has 122 valence electrons. The van der Waals surface area contributed by atoms with Crippen molar-refractivity contribution in [2.75, 3.05) is 24.6 Å². The molecular weight excluding hydrogens is 276 g/mol. The van der Waals surface area contributed by atoms with Crippen LogP contribution in [-0.4, -0.2) is 47.6 Å². The van der Waals surface area contributed by atoms with E-state index >= 15 is 0 Å². The highest BCUT2D eigenvalue weighted by Crippen LogP contribution is 2.32. The highest BCUT2D eigenvalue weighted by atomic mass is 32.2. The summed E-state index contributed by atoms with van der Waals surface area (Å²) >= 11 is 2.19. The van der Waals surface area contributed by atoms with Crippen LogP contribution in [0, 0.1) is 11.8 Å². The third-order valence-electron chi connectivity index (χ3n) is 6.02. The van der Waals surface area contributed by atoms with E-state index in [1.807, 2.05) is 0 Å². The first-order chi connectivity index (χ1) is 10.3. The fourth-order valence-electron chi connectivity index (χ4n) is 4.69. The molecule has 0 aromatic rings. The molecule has 1 N–H and O–H groups in total. The maximum absolute atomic E-state index is 3.94. The van der Waals surface area contributed by atoms with Gasteiger partial charge in [0.2, 0.25) is 0 Å². The first-order valence-electron chi connectivity index (χ1n) is 9.32. The average Bonchev–Trinajstić information content (AvgIpc) is 2.56. The molecule has 3 heteroatoms. The van der Waals surface area contributed by atoms with E-state index in [0.29, 0.717) is 0 Å². The Hall–Kier alpha value is 0.270. The summed E-state index contributed by atoms with van der Waals surface area (Å²) in [7, 11) is 0. The fraction of sp³-hybridized carbons (Fsp3) is 1.00. The molecule has 0 aromatic carbocycles. The van der Waals surface area contributed by atoms with Crippen LogP contribution in [0.2, 0.25) is 0 Å². The Bertz CT molecular complexity index is 308. The normalized spacial score (nSPS) is 37.0. The van der Waals surface area contributed by atoms with Gasteiger partial charge < -0.3 is 5.32 Å². The minimum Gasteiger partial charge on any atom is -0.311 e. The number of thioether (sulfide) groups is 1. The van der Waals surface area contributed by atoms with Crippen molar-refractivity contribution in [1.29, 1.82) is 0 Å². The SMILES string of the molecule is CC(C)C1CNC(C2CCCCC2)CN1C1CCCSC1. The van der Waals surface area contributed by atoms with Crippen LogP contribution in [0.3, 0.4) is 0 Å². The molecule has 0 aromatic heterocycles. The summed E-state index contributed by atoms with van der Waals surface area (Å²) < 4.78 is 0. The number of hydrogen-bond donors (Lipinski definition) is 1. The summed E-state index contributed by atoms with van der Waals surface area (Å²) in [6.45, 7) is 7.37. The zero-order valence-electron chi connectivity index (χ0n) is 14.0. The first kappa shape index (κ1) is 16.1. The summed E-state index contributed by atoms with van der Waals surface area (Å²) in [4.78, 5) is 2.92. The fourth-order valence-corrected chi connectivity index (χ4v) is 5.86. The molecule has 3 aliphatic rings. The molecule has 2 nitrogen and oxygen atoms in total. The van der Waals surface area contributed by atoms with Crippen LogP contribution in [0.4, 0.5) is 0 Å². The molecule has 0 bridgehead atoms. The van der Waals surface area contributed by atoms with E-state index in [4.69, 9.17) is 0 Å². The summed E-state index contributed by atoms with van der Waals surface area (Å²) in [5.74, 6) is 4.49. The lowest BCUT2D eigenvalue weighted by Gasteiger charge is -2.49. The molecular formula is C18H34N2S. The molecule has 0 spiro atoms. The van der Waals surface area contributed by atoms with Crippen molar-refractivity contribution in [2.45, 2.75) is 76.9 Å². The van der Waals surface area contributed by atoms with Gasteiger partial charge in [-0.25, -0.2) is 0 Å². The number of hydrogen-bond acceptors (Lipinski definition) is 3. The Morgan fingerprint density at radius 3 is 2.52 bits per heavy atom. The maximum atomic E-state index is 3.94. The van der Waals surface area contributed by atoms with Crippen LogP contribution in [-0.2, 0) is 0 Å². The van der Waals surface area contributed by atoms with Crippen LogP contribution in [0.1, 0.15) is 58.8 Å². The Kier molecular flexibility index (Phi) is 5.92. The van der Waals surface area contributed by atoms with Gasteiger partial charge >= 0.3 is 0 Å². The molecule has 0 radical (unpaired) electrons. The van der Waals surface area contributed by atoms with E-state index < -0.39 is 0 Å². The highest BCUT2D eigenvalue weighted by molar-refractivity contribution is 7.99. The lowest BCUT2D eigenvalue weighted by Crippen LogP contribution is -2.63. The topological polar surface area (TPSA) is 15.3 Å². The molecule has 3 unspecified atom stereocenters. The maximum Gasteiger partial charge on any atom is 0.0247 e. The van der Waals surface area contributed by atoms with E-state index in [2.05, 4.69) is 35.8 Å². The van der Waals surface area contributed by atoms with Crippen LogP contribution < -0.4 is 5.32 Å². The van der Waals surface area contributed by atoms with Gasteiger partial charge in [-0.2, -0.15) is 11.8 Å². The van der Waals surface area contributed by atoms with Crippen LogP contribution in [0.25, 0.3) is 0 Å². The third-order valence-corrected chi connectivity index (χ3v) is 7.21. The van der Waals surface area contributed by atoms with Gasteiger partial charge in [0.15, 0.2) is 0 Å². The van der Waals surface area contributed by atoms with Crippen molar-refractivity contribution >= 4 is 11.8 Å². The van der Waals surface area contributed by atoms with Crippen molar-refractivity contribution in [1.82, 2.24) is 10.2 Å². The molecule has 2 aliphatic heterocycles. The molecule has 0 amide bonds. The average molecular weight is 311 g/mol. The van der Waals surface area contributed by atoms with Crippen molar-refractivity contribution in [3.63, 3.8) is 0 Å². The zero-order valence-corrected chi connectivity index (χ0v) is 14.8. The van der Waals surface area contributed by atoms with Crippen molar-refractivity contribution in [2.24, 2.45) is 11.8 Å². The number of piperazine rings is 1. The van der Waals surface area contributed by atoms with Crippen LogP contribution >= 0.6 is 11.8 Å². The second-order valence-electron chi connectivity index (χ2n) is 7.79. The molecule has 3 fully saturated rings. The summed E-state index contributed by atoms with van der Waals surface area (Å²) in [5.41, 5.74) is 0. The Labute approximate surface area is 135 Å². The number of rotatable bonds is 3. The Morgan fingerprint density at radius 1 is 1.05 bits per heavy atom. The Morgan fingerprint density at radius 2 is 1.86 bits per heavy atom.